The van der Waals surface area contributed by atoms with Crippen LogP contribution in [0.2, 0.25) is 0 Å². The Kier molecular flexibility index (Phi) is 6.46. The Morgan fingerprint density at radius 1 is 1.40 bits per heavy atom. The third kappa shape index (κ3) is 4.83. The molecule has 2 rings (SSSR count). The van der Waals surface area contributed by atoms with Gasteiger partial charge in [0.2, 0.25) is 0 Å². The summed E-state index contributed by atoms with van der Waals surface area (Å²) >= 11 is 3.43. The van der Waals surface area contributed by atoms with E-state index < -0.39 is 0 Å². The van der Waals surface area contributed by atoms with Gasteiger partial charge < -0.3 is 10.1 Å². The fourth-order valence-corrected chi connectivity index (χ4v) is 3.18. The van der Waals surface area contributed by atoms with E-state index in [0.29, 0.717) is 12.1 Å². The summed E-state index contributed by atoms with van der Waals surface area (Å²) in [4.78, 5) is 4.48. The predicted octanol–water partition coefficient (Wildman–Crippen LogP) is 3.57. The Bertz CT molecular complexity index is 390. The maximum Gasteiger partial charge on any atom is 0.0580 e. The first-order valence-corrected chi connectivity index (χ1v) is 8.46. The average molecular weight is 341 g/mol. The van der Waals surface area contributed by atoms with Crippen molar-refractivity contribution >= 4 is 15.9 Å². The van der Waals surface area contributed by atoms with Gasteiger partial charge in [0.25, 0.3) is 0 Å². The summed E-state index contributed by atoms with van der Waals surface area (Å²) in [6, 6.07) is 4.71. The lowest BCUT2D eigenvalue weighted by Gasteiger charge is -2.37. The number of pyridine rings is 1. The highest BCUT2D eigenvalue weighted by atomic mass is 79.9. The van der Waals surface area contributed by atoms with E-state index in [1.807, 2.05) is 6.20 Å². The molecule has 3 nitrogen and oxygen atoms in total. The van der Waals surface area contributed by atoms with Crippen LogP contribution in [0.1, 0.15) is 38.8 Å². The number of ether oxygens (including phenoxy) is 1. The van der Waals surface area contributed by atoms with E-state index in [1.165, 1.54) is 25.0 Å². The molecule has 1 aromatic heterocycles. The van der Waals surface area contributed by atoms with Crippen molar-refractivity contribution < 1.29 is 4.74 Å². The van der Waals surface area contributed by atoms with Crippen molar-refractivity contribution in [1.82, 2.24) is 10.3 Å². The first-order valence-electron chi connectivity index (χ1n) is 7.66. The zero-order valence-electron chi connectivity index (χ0n) is 12.4. The van der Waals surface area contributed by atoms with Crippen LogP contribution in [0.4, 0.5) is 0 Å². The molecule has 1 N–H and O–H groups in total. The summed E-state index contributed by atoms with van der Waals surface area (Å²) in [5, 5.41) is 3.60. The van der Waals surface area contributed by atoms with E-state index in [9.17, 15) is 0 Å². The van der Waals surface area contributed by atoms with Gasteiger partial charge in [-0.2, -0.15) is 0 Å². The van der Waals surface area contributed by atoms with Gasteiger partial charge in [0.1, 0.15) is 0 Å². The van der Waals surface area contributed by atoms with Crippen molar-refractivity contribution in [3.63, 3.8) is 0 Å². The van der Waals surface area contributed by atoms with E-state index in [4.69, 9.17) is 4.74 Å². The summed E-state index contributed by atoms with van der Waals surface area (Å²) in [7, 11) is 0. The fraction of sp³-hybridized carbons (Fsp3) is 0.688. The lowest BCUT2D eigenvalue weighted by Crippen LogP contribution is -2.39. The molecule has 1 aliphatic carbocycles. The van der Waals surface area contributed by atoms with Crippen molar-refractivity contribution in [2.75, 3.05) is 13.2 Å². The Morgan fingerprint density at radius 2 is 2.20 bits per heavy atom. The van der Waals surface area contributed by atoms with Crippen LogP contribution in [0.5, 0.6) is 0 Å². The quantitative estimate of drug-likeness (QED) is 0.785. The standard InChI is InChI=1S/C16H25BrN2O/c1-3-18-15(7-12-8-16(9-12)20-4-2)10-14-6-5-13(17)11-19-14/h5-6,11-12,15-16,18H,3-4,7-10H2,1-2H3. The van der Waals surface area contributed by atoms with Crippen LogP contribution < -0.4 is 5.32 Å². The molecule has 1 aliphatic rings. The molecular formula is C16H25BrN2O. The SMILES string of the molecule is CCNC(Cc1ccc(Br)cn1)CC1CC(OCC)C1. The monoisotopic (exact) mass is 340 g/mol. The van der Waals surface area contributed by atoms with Crippen molar-refractivity contribution in [3.05, 3.63) is 28.5 Å². The molecule has 20 heavy (non-hydrogen) atoms. The second kappa shape index (κ2) is 8.11. The Hall–Kier alpha value is -0.450. The highest BCUT2D eigenvalue weighted by Gasteiger charge is 2.31. The molecule has 0 radical (unpaired) electrons. The molecular weight excluding hydrogens is 316 g/mol. The fourth-order valence-electron chi connectivity index (χ4n) is 2.95. The van der Waals surface area contributed by atoms with Gasteiger partial charge in [0.05, 0.1) is 6.10 Å². The van der Waals surface area contributed by atoms with Gasteiger partial charge in [-0.1, -0.05) is 6.92 Å². The average Bonchev–Trinajstić information content (AvgIpc) is 2.39. The number of hydrogen-bond acceptors (Lipinski definition) is 3. The Balaban J connectivity index is 1.80. The van der Waals surface area contributed by atoms with Gasteiger partial charge in [-0.25, -0.2) is 0 Å². The number of rotatable bonds is 8. The van der Waals surface area contributed by atoms with Gasteiger partial charge in [0.15, 0.2) is 0 Å². The molecule has 4 heteroatoms. The molecule has 0 aliphatic heterocycles. The lowest BCUT2D eigenvalue weighted by atomic mass is 9.77. The normalized spacial score (nSPS) is 23.4. The van der Waals surface area contributed by atoms with Crippen molar-refractivity contribution in [3.8, 4) is 0 Å². The molecule has 1 saturated carbocycles. The van der Waals surface area contributed by atoms with Crippen LogP contribution >= 0.6 is 15.9 Å². The van der Waals surface area contributed by atoms with Crippen LogP contribution in [0.3, 0.4) is 0 Å². The number of likely N-dealkylation sites (N-methyl/N-ethyl adjacent to an activating group) is 1. The zero-order chi connectivity index (χ0) is 14.4. The molecule has 0 saturated heterocycles. The first kappa shape index (κ1) is 15.9. The molecule has 112 valence electrons. The van der Waals surface area contributed by atoms with Crippen LogP contribution in [-0.2, 0) is 11.2 Å². The van der Waals surface area contributed by atoms with Gasteiger partial charge in [-0.05, 0) is 66.7 Å². The van der Waals surface area contributed by atoms with E-state index >= 15 is 0 Å². The lowest BCUT2D eigenvalue weighted by molar-refractivity contribution is -0.0290. The number of aromatic nitrogens is 1. The number of halogens is 1. The first-order chi connectivity index (χ1) is 9.71. The highest BCUT2D eigenvalue weighted by molar-refractivity contribution is 9.10. The van der Waals surface area contributed by atoms with E-state index in [0.717, 1.165) is 30.0 Å². The van der Waals surface area contributed by atoms with Crippen LogP contribution in [0, 0.1) is 5.92 Å². The maximum atomic E-state index is 5.64. The minimum absolute atomic E-state index is 0.512. The molecule has 1 fully saturated rings. The summed E-state index contributed by atoms with van der Waals surface area (Å²) in [5.74, 6) is 0.811. The molecule has 1 atom stereocenters. The Labute approximate surface area is 130 Å². The van der Waals surface area contributed by atoms with Crippen LogP contribution in [0.25, 0.3) is 0 Å². The number of nitrogens with one attached hydrogen (secondary N) is 1. The topological polar surface area (TPSA) is 34.2 Å². The third-order valence-corrected chi connectivity index (χ3v) is 4.42. The molecule has 0 spiro atoms. The third-order valence-electron chi connectivity index (χ3n) is 3.95. The Morgan fingerprint density at radius 3 is 2.80 bits per heavy atom. The van der Waals surface area contributed by atoms with Gasteiger partial charge >= 0.3 is 0 Å². The molecule has 0 bridgehead atoms. The van der Waals surface area contributed by atoms with Gasteiger partial charge in [-0.3, -0.25) is 4.98 Å². The van der Waals surface area contributed by atoms with Gasteiger partial charge in [0, 0.05) is 35.4 Å². The van der Waals surface area contributed by atoms with E-state index in [-0.39, 0.29) is 0 Å². The molecule has 0 amide bonds. The molecule has 1 heterocycles. The summed E-state index contributed by atoms with van der Waals surface area (Å²) in [6.45, 7) is 6.11. The van der Waals surface area contributed by atoms with Crippen molar-refractivity contribution in [1.29, 1.82) is 0 Å². The molecule has 1 aromatic rings. The van der Waals surface area contributed by atoms with E-state index in [1.54, 1.807) is 0 Å². The van der Waals surface area contributed by atoms with E-state index in [2.05, 4.69) is 52.2 Å². The minimum atomic E-state index is 0.512. The minimum Gasteiger partial charge on any atom is -0.378 e. The summed E-state index contributed by atoms with van der Waals surface area (Å²) in [5.41, 5.74) is 1.17. The van der Waals surface area contributed by atoms with Gasteiger partial charge in [-0.15, -0.1) is 0 Å². The number of hydrogen-bond donors (Lipinski definition) is 1. The zero-order valence-corrected chi connectivity index (χ0v) is 14.0. The predicted molar refractivity (Wildman–Crippen MR) is 85.9 cm³/mol. The summed E-state index contributed by atoms with van der Waals surface area (Å²) in [6.07, 6.45) is 7.09. The second-order valence-corrected chi connectivity index (χ2v) is 6.49. The van der Waals surface area contributed by atoms with Crippen LogP contribution in [-0.4, -0.2) is 30.3 Å². The largest absolute Gasteiger partial charge is 0.378 e. The van der Waals surface area contributed by atoms with Crippen molar-refractivity contribution in [2.24, 2.45) is 5.92 Å². The smallest absolute Gasteiger partial charge is 0.0580 e. The molecule has 0 aromatic carbocycles. The highest BCUT2D eigenvalue weighted by Crippen LogP contribution is 2.34. The number of nitrogens with zero attached hydrogens (tertiary/aromatic N) is 1. The summed E-state index contributed by atoms with van der Waals surface area (Å²) < 4.78 is 6.68. The van der Waals surface area contributed by atoms with Crippen molar-refractivity contribution in [2.45, 2.75) is 51.7 Å². The molecule has 1 unspecified atom stereocenters. The maximum absolute atomic E-state index is 5.64. The second-order valence-electron chi connectivity index (χ2n) is 5.58. The van der Waals surface area contributed by atoms with Crippen LogP contribution in [0.15, 0.2) is 22.8 Å².